The van der Waals surface area contributed by atoms with Gasteiger partial charge >= 0.3 is 0 Å². The van der Waals surface area contributed by atoms with Gasteiger partial charge in [0.05, 0.1) is 0 Å². The molecule has 2 aliphatic carbocycles. The Hall–Kier alpha value is -0.730. The van der Waals surface area contributed by atoms with Crippen LogP contribution in [0.25, 0.3) is 0 Å². The first kappa shape index (κ1) is 9.81. The highest BCUT2D eigenvalue weighted by molar-refractivity contribution is 5.80. The number of rotatable bonds is 1. The molecule has 2 fully saturated rings. The van der Waals surface area contributed by atoms with Crippen molar-refractivity contribution in [1.29, 1.82) is 0 Å². The molecule has 0 amide bonds. The minimum Gasteiger partial charge on any atom is -0.359 e. The van der Waals surface area contributed by atoms with Gasteiger partial charge in [-0.3, -0.25) is 4.99 Å². The average molecular weight is 195 g/mol. The second-order valence-corrected chi connectivity index (χ2v) is 4.65. The number of hydrogen-bond acceptors (Lipinski definition) is 1. The van der Waals surface area contributed by atoms with Gasteiger partial charge in [0.2, 0.25) is 0 Å². The normalized spacial score (nSPS) is 30.1. The third-order valence-corrected chi connectivity index (χ3v) is 3.81. The van der Waals surface area contributed by atoms with Crippen molar-refractivity contribution in [3.8, 4) is 0 Å². The molecule has 0 aromatic heterocycles. The molecule has 3 nitrogen and oxygen atoms in total. The summed E-state index contributed by atoms with van der Waals surface area (Å²) in [5, 5.41) is 6.57. The fourth-order valence-corrected chi connectivity index (χ4v) is 2.77. The van der Waals surface area contributed by atoms with E-state index in [2.05, 4.69) is 15.6 Å². The summed E-state index contributed by atoms with van der Waals surface area (Å²) in [7, 11) is 3.75. The molecule has 14 heavy (non-hydrogen) atoms. The Balaban J connectivity index is 1.85. The molecule has 80 valence electrons. The standard InChI is InChI=1S/C11H21N3/c1-12-10(13-2)14-9-8-11(9)6-4-3-5-7-11/h9H,3-8H2,1-2H3,(H2,12,13,14). The number of nitrogens with one attached hydrogen (secondary N) is 2. The van der Waals surface area contributed by atoms with Gasteiger partial charge in [-0.05, 0) is 24.7 Å². The SMILES string of the molecule is CN=C(NC)NC1CC12CCCCC2. The van der Waals surface area contributed by atoms with Crippen LogP contribution < -0.4 is 10.6 Å². The summed E-state index contributed by atoms with van der Waals surface area (Å²) in [6.45, 7) is 0. The molecule has 0 aromatic rings. The fourth-order valence-electron chi connectivity index (χ4n) is 2.77. The van der Waals surface area contributed by atoms with Crippen LogP contribution in [0.1, 0.15) is 38.5 Å². The van der Waals surface area contributed by atoms with Crippen molar-refractivity contribution >= 4 is 5.96 Å². The Morgan fingerprint density at radius 1 is 1.29 bits per heavy atom. The lowest BCUT2D eigenvalue weighted by Crippen LogP contribution is -2.38. The summed E-state index contributed by atoms with van der Waals surface area (Å²) in [6, 6.07) is 0.689. The molecule has 2 N–H and O–H groups in total. The Labute approximate surface area is 86.4 Å². The molecule has 1 spiro atoms. The smallest absolute Gasteiger partial charge is 0.190 e. The molecule has 1 unspecified atom stereocenters. The van der Waals surface area contributed by atoms with Gasteiger partial charge in [0.1, 0.15) is 0 Å². The van der Waals surface area contributed by atoms with Crippen LogP contribution >= 0.6 is 0 Å². The molecular formula is C11H21N3. The van der Waals surface area contributed by atoms with Gasteiger partial charge in [-0.25, -0.2) is 0 Å². The number of hydrogen-bond donors (Lipinski definition) is 2. The van der Waals surface area contributed by atoms with Crippen LogP contribution in [-0.4, -0.2) is 26.1 Å². The second kappa shape index (κ2) is 3.79. The van der Waals surface area contributed by atoms with Crippen molar-refractivity contribution in [3.05, 3.63) is 0 Å². The van der Waals surface area contributed by atoms with Crippen molar-refractivity contribution in [1.82, 2.24) is 10.6 Å². The summed E-state index contributed by atoms with van der Waals surface area (Å²) in [6.07, 6.45) is 8.49. The van der Waals surface area contributed by atoms with Crippen molar-refractivity contribution < 1.29 is 0 Å². The largest absolute Gasteiger partial charge is 0.359 e. The van der Waals surface area contributed by atoms with Gasteiger partial charge < -0.3 is 10.6 Å². The van der Waals surface area contributed by atoms with Crippen molar-refractivity contribution in [3.63, 3.8) is 0 Å². The van der Waals surface area contributed by atoms with Crippen molar-refractivity contribution in [2.75, 3.05) is 14.1 Å². The van der Waals surface area contributed by atoms with Gasteiger partial charge in [0, 0.05) is 20.1 Å². The lowest BCUT2D eigenvalue weighted by molar-refractivity contribution is 0.320. The van der Waals surface area contributed by atoms with E-state index in [4.69, 9.17) is 0 Å². The van der Waals surface area contributed by atoms with E-state index in [1.165, 1.54) is 38.5 Å². The molecule has 2 saturated carbocycles. The molecule has 0 aromatic carbocycles. The zero-order valence-corrected chi connectivity index (χ0v) is 9.27. The van der Waals surface area contributed by atoms with Gasteiger partial charge in [0.15, 0.2) is 5.96 Å². The van der Waals surface area contributed by atoms with Gasteiger partial charge in [-0.15, -0.1) is 0 Å². The maximum atomic E-state index is 4.16. The highest BCUT2D eigenvalue weighted by Gasteiger charge is 2.54. The number of guanidine groups is 1. The number of aliphatic imine (C=N–C) groups is 1. The summed E-state index contributed by atoms with van der Waals surface area (Å²) in [5.41, 5.74) is 0.644. The maximum absolute atomic E-state index is 4.16. The Bertz CT molecular complexity index is 229. The van der Waals surface area contributed by atoms with Crippen LogP contribution in [0.5, 0.6) is 0 Å². The van der Waals surface area contributed by atoms with Crippen LogP contribution in [0, 0.1) is 5.41 Å². The predicted octanol–water partition coefficient (Wildman–Crippen LogP) is 1.50. The van der Waals surface area contributed by atoms with Gasteiger partial charge in [0.25, 0.3) is 0 Å². The van der Waals surface area contributed by atoms with E-state index in [0.717, 1.165) is 5.96 Å². The molecule has 2 aliphatic rings. The minimum atomic E-state index is 0.644. The predicted molar refractivity (Wildman–Crippen MR) is 59.5 cm³/mol. The minimum absolute atomic E-state index is 0.644. The zero-order valence-electron chi connectivity index (χ0n) is 9.27. The van der Waals surface area contributed by atoms with Crippen molar-refractivity contribution in [2.45, 2.75) is 44.6 Å². The summed E-state index contributed by atoms with van der Waals surface area (Å²) >= 11 is 0. The van der Waals surface area contributed by atoms with Crippen LogP contribution in [0.15, 0.2) is 4.99 Å². The van der Waals surface area contributed by atoms with E-state index in [1.807, 2.05) is 14.1 Å². The van der Waals surface area contributed by atoms with Crippen molar-refractivity contribution in [2.24, 2.45) is 10.4 Å². The van der Waals surface area contributed by atoms with E-state index < -0.39 is 0 Å². The Morgan fingerprint density at radius 3 is 2.57 bits per heavy atom. The highest BCUT2D eigenvalue weighted by atomic mass is 15.2. The fraction of sp³-hybridized carbons (Fsp3) is 0.909. The van der Waals surface area contributed by atoms with E-state index in [9.17, 15) is 0 Å². The first-order chi connectivity index (χ1) is 6.80. The first-order valence-electron chi connectivity index (χ1n) is 5.72. The second-order valence-electron chi connectivity index (χ2n) is 4.65. The first-order valence-corrected chi connectivity index (χ1v) is 5.72. The topological polar surface area (TPSA) is 36.4 Å². The van der Waals surface area contributed by atoms with Gasteiger partial charge in [-0.1, -0.05) is 19.3 Å². The molecule has 1 atom stereocenters. The summed E-state index contributed by atoms with van der Waals surface area (Å²) < 4.78 is 0. The van der Waals surface area contributed by atoms with E-state index in [1.54, 1.807) is 0 Å². The van der Waals surface area contributed by atoms with E-state index in [0.29, 0.717) is 11.5 Å². The average Bonchev–Trinajstić information content (AvgIpc) is 2.88. The Kier molecular flexibility index (Phi) is 2.66. The zero-order chi connectivity index (χ0) is 10.0. The molecule has 0 saturated heterocycles. The lowest BCUT2D eigenvalue weighted by Gasteiger charge is -2.22. The molecule has 0 aliphatic heterocycles. The highest BCUT2D eigenvalue weighted by Crippen LogP contribution is 2.56. The number of nitrogens with zero attached hydrogens (tertiary/aromatic N) is 1. The van der Waals surface area contributed by atoms with E-state index in [-0.39, 0.29) is 0 Å². The molecule has 0 heterocycles. The quantitative estimate of drug-likeness (QED) is 0.491. The molecule has 0 radical (unpaired) electrons. The molecule has 0 bridgehead atoms. The maximum Gasteiger partial charge on any atom is 0.190 e. The lowest BCUT2D eigenvalue weighted by atomic mass is 9.86. The van der Waals surface area contributed by atoms with E-state index >= 15 is 0 Å². The summed E-state index contributed by atoms with van der Waals surface area (Å²) in [4.78, 5) is 4.16. The third kappa shape index (κ3) is 1.72. The third-order valence-electron chi connectivity index (χ3n) is 3.81. The molecule has 2 rings (SSSR count). The van der Waals surface area contributed by atoms with Crippen LogP contribution in [0.3, 0.4) is 0 Å². The monoisotopic (exact) mass is 195 g/mol. The van der Waals surface area contributed by atoms with Crippen LogP contribution in [0.2, 0.25) is 0 Å². The van der Waals surface area contributed by atoms with Gasteiger partial charge in [-0.2, -0.15) is 0 Å². The summed E-state index contributed by atoms with van der Waals surface area (Å²) in [5.74, 6) is 0.942. The van der Waals surface area contributed by atoms with Crippen LogP contribution in [0.4, 0.5) is 0 Å². The molecular weight excluding hydrogens is 174 g/mol. The molecule has 3 heteroatoms. The van der Waals surface area contributed by atoms with Crippen LogP contribution in [-0.2, 0) is 0 Å². The Morgan fingerprint density at radius 2 is 2.00 bits per heavy atom.